The van der Waals surface area contributed by atoms with Gasteiger partial charge >= 0.3 is 0 Å². The quantitative estimate of drug-likeness (QED) is 0.828. The summed E-state index contributed by atoms with van der Waals surface area (Å²) < 4.78 is 13.8. The predicted molar refractivity (Wildman–Crippen MR) is 85.8 cm³/mol. The average Bonchev–Trinajstić information content (AvgIpc) is 2.41. The number of anilines is 1. The summed E-state index contributed by atoms with van der Waals surface area (Å²) in [5, 5.41) is 3.76. The van der Waals surface area contributed by atoms with E-state index in [1.54, 1.807) is 36.4 Å². The van der Waals surface area contributed by atoms with Gasteiger partial charge in [-0.05, 0) is 31.2 Å². The molecule has 0 aliphatic heterocycles. The lowest BCUT2D eigenvalue weighted by Crippen LogP contribution is -2.15. The van der Waals surface area contributed by atoms with Gasteiger partial charge in [0.05, 0.1) is 6.04 Å². The van der Waals surface area contributed by atoms with Crippen LogP contribution in [-0.4, -0.2) is 4.99 Å². The van der Waals surface area contributed by atoms with Gasteiger partial charge in [0.25, 0.3) is 0 Å². The fourth-order valence-electron chi connectivity index (χ4n) is 1.98. The number of nitrogens with two attached hydrogens (primary N) is 1. The van der Waals surface area contributed by atoms with Gasteiger partial charge in [0.15, 0.2) is 0 Å². The van der Waals surface area contributed by atoms with Crippen molar-refractivity contribution < 1.29 is 4.39 Å². The molecule has 0 radical (unpaired) electrons. The second-order valence-electron chi connectivity index (χ2n) is 4.44. The first-order valence-electron chi connectivity index (χ1n) is 6.09. The molecule has 5 heteroatoms. The van der Waals surface area contributed by atoms with Gasteiger partial charge in [-0.1, -0.05) is 42.0 Å². The van der Waals surface area contributed by atoms with Crippen LogP contribution in [0.25, 0.3) is 0 Å². The van der Waals surface area contributed by atoms with Crippen molar-refractivity contribution in [3.63, 3.8) is 0 Å². The number of hydrogen-bond acceptors (Lipinski definition) is 2. The second-order valence-corrected chi connectivity index (χ2v) is 5.32. The average molecular weight is 309 g/mol. The molecule has 0 spiro atoms. The zero-order valence-electron chi connectivity index (χ0n) is 10.9. The summed E-state index contributed by atoms with van der Waals surface area (Å²) >= 11 is 10.9. The summed E-state index contributed by atoms with van der Waals surface area (Å²) in [5.41, 5.74) is 7.65. The van der Waals surface area contributed by atoms with Crippen molar-refractivity contribution in [1.82, 2.24) is 0 Å². The van der Waals surface area contributed by atoms with E-state index in [4.69, 9.17) is 29.6 Å². The van der Waals surface area contributed by atoms with Crippen LogP contribution in [0.15, 0.2) is 42.5 Å². The van der Waals surface area contributed by atoms with Crippen LogP contribution in [0, 0.1) is 5.82 Å². The molecule has 0 aliphatic carbocycles. The Balaban J connectivity index is 2.31. The Morgan fingerprint density at radius 3 is 2.65 bits per heavy atom. The maximum absolute atomic E-state index is 13.8. The highest BCUT2D eigenvalue weighted by molar-refractivity contribution is 7.80. The first-order valence-corrected chi connectivity index (χ1v) is 6.88. The lowest BCUT2D eigenvalue weighted by Gasteiger charge is -2.19. The van der Waals surface area contributed by atoms with E-state index in [9.17, 15) is 4.39 Å². The lowest BCUT2D eigenvalue weighted by molar-refractivity contribution is 0.600. The molecule has 20 heavy (non-hydrogen) atoms. The monoisotopic (exact) mass is 308 g/mol. The fourth-order valence-corrected chi connectivity index (χ4v) is 2.32. The van der Waals surface area contributed by atoms with E-state index in [2.05, 4.69) is 5.32 Å². The molecule has 0 fully saturated rings. The van der Waals surface area contributed by atoms with Crippen LogP contribution < -0.4 is 11.1 Å². The Hall–Kier alpha value is -1.65. The highest BCUT2D eigenvalue weighted by Crippen LogP contribution is 2.26. The minimum absolute atomic E-state index is 0.217. The lowest BCUT2D eigenvalue weighted by atomic mass is 10.1. The summed E-state index contributed by atoms with van der Waals surface area (Å²) in [6, 6.07) is 11.6. The van der Waals surface area contributed by atoms with E-state index in [-0.39, 0.29) is 16.8 Å². The normalized spacial score (nSPS) is 11.9. The Bertz CT molecular complexity index is 646. The van der Waals surface area contributed by atoms with Crippen LogP contribution >= 0.6 is 23.8 Å². The molecular formula is C15H14ClFN2S. The van der Waals surface area contributed by atoms with Crippen LogP contribution in [0.5, 0.6) is 0 Å². The molecule has 104 valence electrons. The predicted octanol–water partition coefficient (Wildman–Crippen LogP) is 4.29. The molecule has 0 bridgehead atoms. The maximum atomic E-state index is 13.8. The zero-order valence-corrected chi connectivity index (χ0v) is 12.4. The first kappa shape index (κ1) is 14.8. The van der Waals surface area contributed by atoms with E-state index in [1.165, 1.54) is 6.07 Å². The van der Waals surface area contributed by atoms with Gasteiger partial charge in [-0.3, -0.25) is 0 Å². The molecule has 3 N–H and O–H groups in total. The van der Waals surface area contributed by atoms with Crippen molar-refractivity contribution in [3.05, 3.63) is 64.4 Å². The van der Waals surface area contributed by atoms with Crippen molar-refractivity contribution in [2.45, 2.75) is 13.0 Å². The summed E-state index contributed by atoms with van der Waals surface area (Å²) in [6.07, 6.45) is 0. The molecule has 2 rings (SSSR count). The molecule has 2 aromatic carbocycles. The van der Waals surface area contributed by atoms with E-state index in [0.717, 1.165) is 5.69 Å². The molecule has 1 unspecified atom stereocenters. The topological polar surface area (TPSA) is 38.0 Å². The minimum atomic E-state index is -0.252. The second kappa shape index (κ2) is 6.20. The Morgan fingerprint density at radius 2 is 2.00 bits per heavy atom. The molecule has 0 saturated heterocycles. The third-order valence-corrected chi connectivity index (χ3v) is 3.45. The van der Waals surface area contributed by atoms with E-state index >= 15 is 0 Å². The van der Waals surface area contributed by atoms with E-state index in [0.29, 0.717) is 16.1 Å². The fraction of sp³-hybridized carbons (Fsp3) is 0.133. The van der Waals surface area contributed by atoms with Crippen LogP contribution in [0.2, 0.25) is 5.02 Å². The van der Waals surface area contributed by atoms with Crippen molar-refractivity contribution in [3.8, 4) is 0 Å². The van der Waals surface area contributed by atoms with Gasteiger partial charge in [0.1, 0.15) is 10.8 Å². The molecule has 0 amide bonds. The first-order chi connectivity index (χ1) is 9.49. The van der Waals surface area contributed by atoms with Crippen molar-refractivity contribution in [2.24, 2.45) is 5.73 Å². The summed E-state index contributed by atoms with van der Waals surface area (Å²) in [4.78, 5) is 0.246. The van der Waals surface area contributed by atoms with Crippen LogP contribution in [0.4, 0.5) is 10.1 Å². The molecular weight excluding hydrogens is 295 g/mol. The highest BCUT2D eigenvalue weighted by atomic mass is 35.5. The summed E-state index contributed by atoms with van der Waals surface area (Å²) in [6.45, 7) is 1.87. The number of benzene rings is 2. The largest absolute Gasteiger partial charge is 0.389 e. The SMILES string of the molecule is CC(Nc1ccc(Cl)cc1C(N)=S)c1ccccc1F. The van der Waals surface area contributed by atoms with Gasteiger partial charge in [-0.15, -0.1) is 0 Å². The Kier molecular flexibility index (Phi) is 4.57. The van der Waals surface area contributed by atoms with Gasteiger partial charge in [0.2, 0.25) is 0 Å². The van der Waals surface area contributed by atoms with Gasteiger partial charge in [-0.25, -0.2) is 4.39 Å². The summed E-state index contributed by atoms with van der Waals surface area (Å²) in [7, 11) is 0. The third-order valence-electron chi connectivity index (χ3n) is 2.99. The van der Waals surface area contributed by atoms with Gasteiger partial charge in [0, 0.05) is 21.8 Å². The number of halogens is 2. The minimum Gasteiger partial charge on any atom is -0.389 e. The van der Waals surface area contributed by atoms with Gasteiger partial charge in [-0.2, -0.15) is 0 Å². The molecule has 0 saturated carbocycles. The third kappa shape index (κ3) is 3.26. The highest BCUT2D eigenvalue weighted by Gasteiger charge is 2.13. The smallest absolute Gasteiger partial charge is 0.128 e. The molecule has 0 heterocycles. The Morgan fingerprint density at radius 1 is 1.30 bits per heavy atom. The standard InChI is InChI=1S/C15H14ClFN2S/c1-9(11-4-2-3-5-13(11)17)19-14-7-6-10(16)8-12(14)15(18)20/h2-9,19H,1H3,(H2,18,20). The number of thiocarbonyl (C=S) groups is 1. The molecule has 0 aliphatic rings. The molecule has 2 aromatic rings. The van der Waals surface area contributed by atoms with E-state index in [1.807, 2.05) is 6.92 Å². The van der Waals surface area contributed by atoms with E-state index < -0.39 is 0 Å². The zero-order chi connectivity index (χ0) is 14.7. The van der Waals surface area contributed by atoms with Crippen LogP contribution in [0.3, 0.4) is 0 Å². The van der Waals surface area contributed by atoms with Gasteiger partial charge < -0.3 is 11.1 Å². The summed E-state index contributed by atoms with van der Waals surface area (Å²) in [5.74, 6) is -0.252. The maximum Gasteiger partial charge on any atom is 0.128 e. The Labute approximate surface area is 127 Å². The van der Waals surface area contributed by atoms with Crippen molar-refractivity contribution >= 4 is 34.5 Å². The van der Waals surface area contributed by atoms with Crippen LogP contribution in [0.1, 0.15) is 24.1 Å². The molecule has 2 nitrogen and oxygen atoms in total. The van der Waals surface area contributed by atoms with Crippen LogP contribution in [-0.2, 0) is 0 Å². The number of nitrogens with one attached hydrogen (secondary N) is 1. The number of rotatable bonds is 4. The number of hydrogen-bond donors (Lipinski definition) is 2. The van der Waals surface area contributed by atoms with Crippen molar-refractivity contribution in [2.75, 3.05) is 5.32 Å². The molecule has 1 atom stereocenters. The van der Waals surface area contributed by atoms with Crippen molar-refractivity contribution in [1.29, 1.82) is 0 Å². The molecule has 0 aromatic heterocycles.